The van der Waals surface area contributed by atoms with Gasteiger partial charge < -0.3 is 0 Å². The normalized spacial score (nSPS) is 11.8. The number of aryl methyl sites for hydroxylation is 1. The van der Waals surface area contributed by atoms with Crippen LogP contribution in [-0.4, -0.2) is 12.1 Å². The molecule has 0 aliphatic carbocycles. The number of nitriles is 1. The Balaban J connectivity index is 1.99. The van der Waals surface area contributed by atoms with Crippen molar-refractivity contribution in [3.63, 3.8) is 0 Å². The van der Waals surface area contributed by atoms with Crippen molar-refractivity contribution in [2.75, 3.05) is 5.01 Å². The van der Waals surface area contributed by atoms with Gasteiger partial charge in [0.05, 0.1) is 23.9 Å². The molecule has 0 aliphatic rings. The standard InChI is InChI=1S/C24H19Cl2N3O/c1-16-12-21(29(17(2)30)28-15-18-6-4-3-5-7-18)13-23(26)24(16)22(14-27)19-8-10-20(25)11-9-19/h3-13,15,22H,1-2H3/b28-15+. The summed E-state index contributed by atoms with van der Waals surface area (Å²) < 4.78 is 0. The first-order valence-electron chi connectivity index (χ1n) is 9.25. The predicted octanol–water partition coefficient (Wildman–Crippen LogP) is 6.34. The highest BCUT2D eigenvalue weighted by molar-refractivity contribution is 6.32. The molecule has 3 rings (SSSR count). The first-order chi connectivity index (χ1) is 14.4. The number of benzene rings is 3. The van der Waals surface area contributed by atoms with Crippen molar-refractivity contribution < 1.29 is 4.79 Å². The first kappa shape index (κ1) is 21.6. The zero-order valence-corrected chi connectivity index (χ0v) is 18.0. The fourth-order valence-corrected chi connectivity index (χ4v) is 3.68. The van der Waals surface area contributed by atoms with Crippen molar-refractivity contribution in [1.29, 1.82) is 5.26 Å². The Morgan fingerprint density at radius 3 is 2.33 bits per heavy atom. The smallest absolute Gasteiger partial charge is 0.244 e. The molecule has 30 heavy (non-hydrogen) atoms. The van der Waals surface area contributed by atoms with E-state index in [1.165, 1.54) is 11.9 Å². The van der Waals surface area contributed by atoms with Crippen LogP contribution < -0.4 is 5.01 Å². The number of halogens is 2. The second-order valence-corrected chi connectivity index (χ2v) is 7.60. The summed E-state index contributed by atoms with van der Waals surface area (Å²) in [5.74, 6) is -0.803. The van der Waals surface area contributed by atoms with Gasteiger partial charge in [-0.25, -0.2) is 5.01 Å². The number of anilines is 1. The van der Waals surface area contributed by atoms with Crippen molar-refractivity contribution in [3.05, 3.63) is 99.0 Å². The summed E-state index contributed by atoms with van der Waals surface area (Å²) >= 11 is 12.6. The third kappa shape index (κ3) is 4.88. The summed E-state index contributed by atoms with van der Waals surface area (Å²) in [6.07, 6.45) is 1.62. The molecule has 1 atom stereocenters. The van der Waals surface area contributed by atoms with E-state index in [-0.39, 0.29) is 5.91 Å². The van der Waals surface area contributed by atoms with Gasteiger partial charge in [-0.2, -0.15) is 10.4 Å². The third-order valence-corrected chi connectivity index (χ3v) is 5.17. The summed E-state index contributed by atoms with van der Waals surface area (Å²) in [6, 6.07) is 22.4. The van der Waals surface area contributed by atoms with E-state index in [9.17, 15) is 10.1 Å². The number of amides is 1. The third-order valence-electron chi connectivity index (χ3n) is 4.61. The monoisotopic (exact) mass is 435 g/mol. The predicted molar refractivity (Wildman–Crippen MR) is 122 cm³/mol. The van der Waals surface area contributed by atoms with Crippen molar-refractivity contribution in [2.24, 2.45) is 5.10 Å². The summed E-state index contributed by atoms with van der Waals surface area (Å²) in [5.41, 5.74) is 3.69. The van der Waals surface area contributed by atoms with Crippen LogP contribution in [0.5, 0.6) is 0 Å². The average molecular weight is 436 g/mol. The summed E-state index contributed by atoms with van der Waals surface area (Å²) in [7, 11) is 0. The molecule has 1 amide bonds. The minimum Gasteiger partial charge on any atom is -0.273 e. The molecule has 0 aromatic heterocycles. The van der Waals surface area contributed by atoms with Gasteiger partial charge in [0.15, 0.2) is 0 Å². The molecule has 0 N–H and O–H groups in total. The lowest BCUT2D eigenvalue weighted by molar-refractivity contribution is -0.116. The maximum absolute atomic E-state index is 12.2. The van der Waals surface area contributed by atoms with Crippen LogP contribution in [0, 0.1) is 18.3 Å². The number of carbonyl (C=O) groups is 1. The topological polar surface area (TPSA) is 56.5 Å². The zero-order valence-electron chi connectivity index (χ0n) is 16.5. The van der Waals surface area contributed by atoms with Gasteiger partial charge in [-0.3, -0.25) is 4.79 Å². The van der Waals surface area contributed by atoms with Crippen molar-refractivity contribution in [3.8, 4) is 6.07 Å². The second-order valence-electron chi connectivity index (χ2n) is 6.76. The number of nitrogens with zero attached hydrogens (tertiary/aromatic N) is 3. The Hall–Kier alpha value is -3.13. The van der Waals surface area contributed by atoms with Gasteiger partial charge >= 0.3 is 0 Å². The van der Waals surface area contributed by atoms with Crippen molar-refractivity contribution in [2.45, 2.75) is 19.8 Å². The SMILES string of the molecule is CC(=O)N(/N=C/c1ccccc1)c1cc(C)c(C(C#N)c2ccc(Cl)cc2)c(Cl)c1. The van der Waals surface area contributed by atoms with E-state index in [2.05, 4.69) is 11.2 Å². The molecule has 0 saturated carbocycles. The molecule has 0 radical (unpaired) electrons. The first-order valence-corrected chi connectivity index (χ1v) is 10.0. The molecule has 3 aromatic rings. The molecular formula is C24H19Cl2N3O. The van der Waals surface area contributed by atoms with E-state index in [0.717, 1.165) is 16.7 Å². The van der Waals surface area contributed by atoms with Crippen LogP contribution in [0.25, 0.3) is 0 Å². The zero-order chi connectivity index (χ0) is 21.7. The lowest BCUT2D eigenvalue weighted by Gasteiger charge is -2.20. The Morgan fingerprint density at radius 2 is 1.77 bits per heavy atom. The van der Waals surface area contributed by atoms with Crippen molar-refractivity contribution in [1.82, 2.24) is 0 Å². The average Bonchev–Trinajstić information content (AvgIpc) is 2.72. The molecule has 4 nitrogen and oxygen atoms in total. The quantitative estimate of drug-likeness (QED) is 0.346. The van der Waals surface area contributed by atoms with Gasteiger partial charge in [-0.1, -0.05) is 65.7 Å². The van der Waals surface area contributed by atoms with Crippen LogP contribution in [0.1, 0.15) is 35.1 Å². The maximum Gasteiger partial charge on any atom is 0.244 e. The lowest BCUT2D eigenvalue weighted by atomic mass is 9.89. The second kappa shape index (κ2) is 9.58. The maximum atomic E-state index is 12.2. The van der Waals surface area contributed by atoms with Gasteiger partial charge in [-0.15, -0.1) is 0 Å². The molecule has 0 saturated heterocycles. The molecule has 0 spiro atoms. The molecule has 150 valence electrons. The van der Waals surface area contributed by atoms with E-state index in [4.69, 9.17) is 23.2 Å². The number of hydrazone groups is 1. The fourth-order valence-electron chi connectivity index (χ4n) is 3.18. The van der Waals surface area contributed by atoms with E-state index in [0.29, 0.717) is 21.3 Å². The Morgan fingerprint density at radius 1 is 1.10 bits per heavy atom. The van der Waals surface area contributed by atoms with Gasteiger partial charge in [0, 0.05) is 17.0 Å². The summed E-state index contributed by atoms with van der Waals surface area (Å²) in [4.78, 5) is 12.2. The molecule has 0 aliphatic heterocycles. The molecule has 6 heteroatoms. The fraction of sp³-hybridized carbons (Fsp3) is 0.125. The Kier molecular flexibility index (Phi) is 6.89. The van der Waals surface area contributed by atoms with Gasteiger partial charge in [-0.05, 0) is 53.4 Å². The molecular weight excluding hydrogens is 417 g/mol. The van der Waals surface area contributed by atoms with E-state index >= 15 is 0 Å². The largest absolute Gasteiger partial charge is 0.273 e. The van der Waals surface area contributed by atoms with E-state index in [1.807, 2.05) is 55.5 Å². The van der Waals surface area contributed by atoms with Crippen LogP contribution in [0.4, 0.5) is 5.69 Å². The van der Waals surface area contributed by atoms with Crippen LogP contribution in [-0.2, 0) is 4.79 Å². The minimum atomic E-state index is -0.553. The number of carbonyl (C=O) groups excluding carboxylic acids is 1. The van der Waals surface area contributed by atoms with Crippen molar-refractivity contribution >= 4 is 41.0 Å². The summed E-state index contributed by atoms with van der Waals surface area (Å²) in [5, 5.41) is 16.4. The number of hydrogen-bond donors (Lipinski definition) is 0. The van der Waals surface area contributed by atoms with Crippen LogP contribution in [0.3, 0.4) is 0 Å². The van der Waals surface area contributed by atoms with Gasteiger partial charge in [0.2, 0.25) is 5.91 Å². The molecule has 0 heterocycles. The molecule has 3 aromatic carbocycles. The van der Waals surface area contributed by atoms with Gasteiger partial charge in [0.25, 0.3) is 0 Å². The molecule has 0 bridgehead atoms. The number of rotatable bonds is 5. The summed E-state index contributed by atoms with van der Waals surface area (Å²) in [6.45, 7) is 3.30. The van der Waals surface area contributed by atoms with Crippen LogP contribution in [0.15, 0.2) is 71.8 Å². The lowest BCUT2D eigenvalue weighted by Crippen LogP contribution is -2.22. The van der Waals surface area contributed by atoms with Gasteiger partial charge in [0.1, 0.15) is 0 Å². The molecule has 1 unspecified atom stereocenters. The molecule has 0 fully saturated rings. The van der Waals surface area contributed by atoms with Crippen LogP contribution in [0.2, 0.25) is 10.0 Å². The number of hydrogen-bond acceptors (Lipinski definition) is 3. The van der Waals surface area contributed by atoms with Crippen LogP contribution >= 0.6 is 23.2 Å². The highest BCUT2D eigenvalue weighted by Crippen LogP contribution is 2.36. The minimum absolute atomic E-state index is 0.250. The Labute approximate surface area is 186 Å². The van der Waals surface area contributed by atoms with E-state index < -0.39 is 5.92 Å². The highest BCUT2D eigenvalue weighted by Gasteiger charge is 2.22. The van der Waals surface area contributed by atoms with E-state index in [1.54, 1.807) is 24.4 Å². The Bertz CT molecular complexity index is 1100. The highest BCUT2D eigenvalue weighted by atomic mass is 35.5.